The first-order valence-corrected chi connectivity index (χ1v) is 5.51. The molecule has 0 aliphatic carbocycles. The van der Waals surface area contributed by atoms with Gasteiger partial charge in [0.25, 0.3) is 10.0 Å². The van der Waals surface area contributed by atoms with E-state index in [1.54, 1.807) is 4.72 Å². The van der Waals surface area contributed by atoms with Gasteiger partial charge >= 0.3 is 11.7 Å². The molecule has 1 rings (SSSR count). The Balaban J connectivity index is 2.89. The van der Waals surface area contributed by atoms with Gasteiger partial charge in [0, 0.05) is 5.69 Å². The van der Waals surface area contributed by atoms with Crippen LogP contribution in [0.25, 0.3) is 0 Å². The number of hydrogen-bond donors (Lipinski definition) is 2. The number of hydrogen-bond acceptors (Lipinski definition) is 3. The lowest BCUT2D eigenvalue weighted by Gasteiger charge is -2.06. The Morgan fingerprint density at radius 1 is 1.25 bits per heavy atom. The lowest BCUT2D eigenvalue weighted by Crippen LogP contribution is -2.20. The van der Waals surface area contributed by atoms with E-state index in [9.17, 15) is 22.0 Å². The second-order valence-electron chi connectivity index (χ2n) is 2.79. The Morgan fingerprint density at radius 3 is 2.12 bits per heavy atom. The fourth-order valence-electron chi connectivity index (χ4n) is 0.890. The zero-order valence-corrected chi connectivity index (χ0v) is 8.54. The third-order valence-electron chi connectivity index (χ3n) is 1.63. The molecule has 0 saturated carbocycles. The highest BCUT2D eigenvalue weighted by Gasteiger charge is 2.23. The highest BCUT2D eigenvalue weighted by molar-refractivity contribution is 7.93. The van der Waals surface area contributed by atoms with Crippen LogP contribution < -0.4 is 4.72 Å². The summed E-state index contributed by atoms with van der Waals surface area (Å²) in [4.78, 5) is 10.4. The number of aromatic carboxylic acids is 1. The minimum atomic E-state index is -4.72. The van der Waals surface area contributed by atoms with Gasteiger partial charge in [-0.3, -0.25) is 4.72 Å². The van der Waals surface area contributed by atoms with Crippen molar-refractivity contribution in [2.24, 2.45) is 0 Å². The zero-order chi connectivity index (χ0) is 12.3. The highest BCUT2D eigenvalue weighted by Crippen LogP contribution is 2.14. The van der Waals surface area contributed by atoms with Crippen LogP contribution in [0.3, 0.4) is 0 Å². The van der Waals surface area contributed by atoms with E-state index in [-0.39, 0.29) is 11.3 Å². The number of benzene rings is 1. The van der Waals surface area contributed by atoms with Gasteiger partial charge in [-0.15, -0.1) is 0 Å². The second-order valence-corrected chi connectivity index (χ2v) is 4.44. The van der Waals surface area contributed by atoms with Gasteiger partial charge in [0.15, 0.2) is 0 Å². The molecule has 2 N–H and O–H groups in total. The first-order valence-electron chi connectivity index (χ1n) is 3.96. The number of alkyl halides is 2. The van der Waals surface area contributed by atoms with Crippen molar-refractivity contribution < 1.29 is 27.1 Å². The molecule has 8 heteroatoms. The summed E-state index contributed by atoms with van der Waals surface area (Å²) in [6.45, 7) is 0. The summed E-state index contributed by atoms with van der Waals surface area (Å²) >= 11 is 0. The van der Waals surface area contributed by atoms with Crippen molar-refractivity contribution in [3.05, 3.63) is 29.8 Å². The van der Waals surface area contributed by atoms with Crippen molar-refractivity contribution in [2.45, 2.75) is 5.76 Å². The van der Waals surface area contributed by atoms with Crippen LogP contribution in [0.15, 0.2) is 24.3 Å². The van der Waals surface area contributed by atoms with E-state index in [4.69, 9.17) is 5.11 Å². The molecule has 0 amide bonds. The van der Waals surface area contributed by atoms with E-state index in [0.29, 0.717) is 0 Å². The third kappa shape index (κ3) is 2.89. The molecule has 0 atom stereocenters. The number of halogens is 2. The first-order chi connectivity index (χ1) is 7.33. The van der Waals surface area contributed by atoms with Crippen LogP contribution in [0.2, 0.25) is 0 Å². The number of carboxylic acid groups (broad SMARTS) is 1. The smallest absolute Gasteiger partial charge is 0.355 e. The Bertz CT molecular complexity index is 483. The maximum atomic E-state index is 12.0. The van der Waals surface area contributed by atoms with Gasteiger partial charge in [-0.2, -0.15) is 8.78 Å². The van der Waals surface area contributed by atoms with Crippen LogP contribution >= 0.6 is 0 Å². The molecule has 0 aliphatic rings. The maximum absolute atomic E-state index is 12.0. The molecule has 0 saturated heterocycles. The molecule has 0 radical (unpaired) electrons. The number of sulfonamides is 1. The quantitative estimate of drug-likeness (QED) is 0.846. The summed E-state index contributed by atoms with van der Waals surface area (Å²) in [5, 5.41) is 8.54. The molecule has 0 aromatic heterocycles. The van der Waals surface area contributed by atoms with E-state index in [1.807, 2.05) is 0 Å². The van der Waals surface area contributed by atoms with Gasteiger partial charge in [-0.25, -0.2) is 13.2 Å². The molecule has 0 unspecified atom stereocenters. The van der Waals surface area contributed by atoms with E-state index in [2.05, 4.69) is 0 Å². The van der Waals surface area contributed by atoms with Crippen LogP contribution in [-0.2, 0) is 10.0 Å². The second kappa shape index (κ2) is 4.44. The van der Waals surface area contributed by atoms with Gasteiger partial charge in [-0.1, -0.05) is 0 Å². The molecule has 5 nitrogen and oxygen atoms in total. The largest absolute Gasteiger partial charge is 0.478 e. The molecule has 0 aliphatic heterocycles. The summed E-state index contributed by atoms with van der Waals surface area (Å²) in [5.41, 5.74) is -0.190. The van der Waals surface area contributed by atoms with Gasteiger partial charge in [0.2, 0.25) is 0 Å². The van der Waals surface area contributed by atoms with Gasteiger partial charge < -0.3 is 5.11 Å². The van der Waals surface area contributed by atoms with E-state index < -0.39 is 21.8 Å². The fourth-order valence-corrected chi connectivity index (χ4v) is 1.44. The Labute approximate surface area is 89.8 Å². The van der Waals surface area contributed by atoms with Crippen LogP contribution in [0.1, 0.15) is 10.4 Å². The molecular weight excluding hydrogens is 244 g/mol. The SMILES string of the molecule is O=C(O)c1ccc(NS(=O)(=O)C(F)F)cc1. The van der Waals surface area contributed by atoms with Crippen molar-refractivity contribution in [1.29, 1.82) is 0 Å². The molecule has 1 aromatic rings. The topological polar surface area (TPSA) is 83.5 Å². The fraction of sp³-hybridized carbons (Fsp3) is 0.125. The predicted octanol–water partition coefficient (Wildman–Crippen LogP) is 1.35. The van der Waals surface area contributed by atoms with E-state index in [1.165, 1.54) is 0 Å². The number of rotatable bonds is 4. The molecule has 88 valence electrons. The Morgan fingerprint density at radius 2 is 1.75 bits per heavy atom. The standard InChI is InChI=1S/C8H7F2NO4S/c9-8(10)16(14,15)11-6-3-1-5(2-4-6)7(12)13/h1-4,8,11H,(H,12,13). The lowest BCUT2D eigenvalue weighted by molar-refractivity contribution is 0.0697. The zero-order valence-electron chi connectivity index (χ0n) is 7.72. The minimum absolute atomic E-state index is 0.0694. The molecule has 16 heavy (non-hydrogen) atoms. The van der Waals surface area contributed by atoms with Crippen LogP contribution in [-0.4, -0.2) is 25.3 Å². The van der Waals surface area contributed by atoms with Gasteiger partial charge in [0.05, 0.1) is 5.56 Å². The monoisotopic (exact) mass is 251 g/mol. The number of nitrogens with one attached hydrogen (secondary N) is 1. The van der Waals surface area contributed by atoms with Crippen molar-refractivity contribution >= 4 is 21.7 Å². The number of carboxylic acids is 1. The predicted molar refractivity (Wildman–Crippen MR) is 51.9 cm³/mol. The van der Waals surface area contributed by atoms with E-state index in [0.717, 1.165) is 24.3 Å². The lowest BCUT2D eigenvalue weighted by atomic mass is 10.2. The van der Waals surface area contributed by atoms with Gasteiger partial charge in [-0.05, 0) is 24.3 Å². The van der Waals surface area contributed by atoms with Crippen molar-refractivity contribution in [2.75, 3.05) is 4.72 Å². The highest BCUT2D eigenvalue weighted by atomic mass is 32.2. The third-order valence-corrected chi connectivity index (χ3v) is 2.62. The molecule has 1 aromatic carbocycles. The number of carbonyl (C=O) groups is 1. The van der Waals surface area contributed by atoms with Crippen molar-refractivity contribution in [1.82, 2.24) is 0 Å². The summed E-state index contributed by atoms with van der Waals surface area (Å²) in [6.07, 6.45) is 0. The summed E-state index contributed by atoms with van der Waals surface area (Å²) in [7, 11) is -4.72. The van der Waals surface area contributed by atoms with Crippen LogP contribution in [0.4, 0.5) is 14.5 Å². The molecule has 0 heterocycles. The average molecular weight is 251 g/mol. The first kappa shape index (κ1) is 12.4. The summed E-state index contributed by atoms with van der Waals surface area (Å²) < 4.78 is 47.0. The van der Waals surface area contributed by atoms with Gasteiger partial charge in [0.1, 0.15) is 0 Å². The van der Waals surface area contributed by atoms with Crippen LogP contribution in [0.5, 0.6) is 0 Å². The van der Waals surface area contributed by atoms with Crippen molar-refractivity contribution in [3.63, 3.8) is 0 Å². The van der Waals surface area contributed by atoms with Crippen LogP contribution in [0, 0.1) is 0 Å². The average Bonchev–Trinajstić information content (AvgIpc) is 2.17. The Hall–Kier alpha value is -1.70. The summed E-state index contributed by atoms with van der Waals surface area (Å²) in [5.74, 6) is -4.73. The summed E-state index contributed by atoms with van der Waals surface area (Å²) in [6, 6.07) is 4.38. The minimum Gasteiger partial charge on any atom is -0.478 e. The normalized spacial score (nSPS) is 11.4. The molecule has 0 fully saturated rings. The molecule has 0 bridgehead atoms. The molecular formula is C8H7F2NO4S. The van der Waals surface area contributed by atoms with Crippen molar-refractivity contribution in [3.8, 4) is 0 Å². The number of anilines is 1. The van der Waals surface area contributed by atoms with E-state index >= 15 is 0 Å². The maximum Gasteiger partial charge on any atom is 0.355 e. The molecule has 0 spiro atoms. The Kier molecular flexibility index (Phi) is 3.43.